The van der Waals surface area contributed by atoms with Gasteiger partial charge < -0.3 is 40.3 Å². The highest BCUT2D eigenvalue weighted by Gasteiger charge is 2.44. The molecule has 0 aromatic heterocycles. The van der Waals surface area contributed by atoms with E-state index < -0.39 is 49.5 Å². The van der Waals surface area contributed by atoms with Crippen molar-refractivity contribution >= 4 is 5.91 Å². The van der Waals surface area contributed by atoms with Crippen molar-refractivity contribution in [1.29, 1.82) is 0 Å². The summed E-state index contributed by atoms with van der Waals surface area (Å²) in [5, 5.41) is 54.3. The van der Waals surface area contributed by atoms with Gasteiger partial charge in [0.15, 0.2) is 6.29 Å². The van der Waals surface area contributed by atoms with Crippen molar-refractivity contribution in [3.8, 4) is 0 Å². The average molecular weight is 838 g/mol. The molecule has 1 amide bonds. The fraction of sp³-hybridized carbons (Fsp3) is 0.900. The first kappa shape index (κ1) is 55.7. The second kappa shape index (κ2) is 40.7. The maximum atomic E-state index is 13.0. The molecule has 1 saturated heterocycles. The largest absolute Gasteiger partial charge is 0.394 e. The van der Waals surface area contributed by atoms with Crippen LogP contribution in [-0.4, -0.2) is 87.5 Å². The van der Waals surface area contributed by atoms with E-state index in [1.807, 2.05) is 6.08 Å². The van der Waals surface area contributed by atoms with Gasteiger partial charge in [-0.3, -0.25) is 4.79 Å². The third-order valence-electron chi connectivity index (χ3n) is 12.0. The predicted molar refractivity (Wildman–Crippen MR) is 244 cm³/mol. The molecule has 1 aliphatic heterocycles. The van der Waals surface area contributed by atoms with Gasteiger partial charge in [0.05, 0.1) is 25.4 Å². The Labute approximate surface area is 362 Å². The number of aliphatic hydroxyl groups excluding tert-OH is 5. The van der Waals surface area contributed by atoms with Crippen LogP contribution in [0.25, 0.3) is 0 Å². The SMILES string of the molecule is CCCCCCCCCCCCC/C=C/CC/C=C/[C@@H](O)[C@H](CO[C@H]1O[C@@H](CO)[C@H](O)C(O)C1O)NC(=O)CCCCCCCCCCCCCCCCCCCCC. The molecule has 1 heterocycles. The van der Waals surface area contributed by atoms with Gasteiger partial charge in [-0.15, -0.1) is 0 Å². The summed E-state index contributed by atoms with van der Waals surface area (Å²) in [7, 11) is 0. The van der Waals surface area contributed by atoms with Gasteiger partial charge >= 0.3 is 0 Å². The van der Waals surface area contributed by atoms with Crippen LogP contribution in [-0.2, 0) is 14.3 Å². The smallest absolute Gasteiger partial charge is 0.220 e. The Morgan fingerprint density at radius 1 is 0.559 bits per heavy atom. The third-order valence-corrected chi connectivity index (χ3v) is 12.0. The van der Waals surface area contributed by atoms with Crippen LogP contribution in [0.2, 0.25) is 0 Å². The normalized spacial score (nSPS) is 20.8. The molecule has 0 aromatic carbocycles. The Balaban J connectivity index is 2.32. The second-order valence-electron chi connectivity index (χ2n) is 17.6. The molecule has 1 fully saturated rings. The van der Waals surface area contributed by atoms with Crippen molar-refractivity contribution in [2.24, 2.45) is 0 Å². The first-order chi connectivity index (χ1) is 28.8. The van der Waals surface area contributed by atoms with E-state index in [0.717, 1.165) is 38.5 Å². The van der Waals surface area contributed by atoms with E-state index in [9.17, 15) is 30.3 Å². The van der Waals surface area contributed by atoms with Crippen LogP contribution < -0.4 is 5.32 Å². The lowest BCUT2D eigenvalue weighted by molar-refractivity contribution is -0.302. The maximum absolute atomic E-state index is 13.0. The first-order valence-corrected chi connectivity index (χ1v) is 25.1. The molecule has 2 unspecified atom stereocenters. The molecule has 348 valence electrons. The van der Waals surface area contributed by atoms with Crippen LogP contribution in [0.3, 0.4) is 0 Å². The summed E-state index contributed by atoms with van der Waals surface area (Å²) in [4.78, 5) is 13.0. The minimum Gasteiger partial charge on any atom is -0.394 e. The molecule has 0 aliphatic carbocycles. The molecule has 6 N–H and O–H groups in total. The van der Waals surface area contributed by atoms with Gasteiger partial charge in [-0.05, 0) is 32.1 Å². The molecule has 0 saturated carbocycles. The summed E-state index contributed by atoms with van der Waals surface area (Å²) < 4.78 is 11.2. The molecular formula is C50H95NO8. The van der Waals surface area contributed by atoms with E-state index >= 15 is 0 Å². The highest BCUT2D eigenvalue weighted by molar-refractivity contribution is 5.76. The number of rotatable bonds is 42. The predicted octanol–water partition coefficient (Wildman–Crippen LogP) is 11.1. The number of amides is 1. The van der Waals surface area contributed by atoms with E-state index in [1.54, 1.807) is 6.08 Å². The fourth-order valence-corrected chi connectivity index (χ4v) is 8.00. The van der Waals surface area contributed by atoms with Gasteiger partial charge in [-0.25, -0.2) is 0 Å². The zero-order valence-corrected chi connectivity index (χ0v) is 38.3. The van der Waals surface area contributed by atoms with Crippen molar-refractivity contribution < 1.29 is 39.8 Å². The van der Waals surface area contributed by atoms with Crippen molar-refractivity contribution in [3.63, 3.8) is 0 Å². The molecule has 9 heteroatoms. The Morgan fingerprint density at radius 2 is 0.966 bits per heavy atom. The van der Waals surface area contributed by atoms with Crippen molar-refractivity contribution in [2.45, 2.75) is 275 Å². The zero-order chi connectivity index (χ0) is 43.0. The number of ether oxygens (including phenoxy) is 2. The molecule has 1 aliphatic rings. The molecule has 9 nitrogen and oxygen atoms in total. The molecule has 0 aromatic rings. The van der Waals surface area contributed by atoms with E-state index in [-0.39, 0.29) is 12.5 Å². The van der Waals surface area contributed by atoms with Crippen molar-refractivity contribution in [1.82, 2.24) is 5.32 Å². The Morgan fingerprint density at radius 3 is 1.42 bits per heavy atom. The van der Waals surface area contributed by atoms with Crippen LogP contribution in [0.15, 0.2) is 24.3 Å². The van der Waals surface area contributed by atoms with E-state index in [2.05, 4.69) is 31.3 Å². The first-order valence-electron chi connectivity index (χ1n) is 25.1. The van der Waals surface area contributed by atoms with Gasteiger partial charge in [-0.2, -0.15) is 0 Å². The Kier molecular flexibility index (Phi) is 38.4. The molecule has 1 rings (SSSR count). The number of nitrogens with one attached hydrogen (secondary N) is 1. The van der Waals surface area contributed by atoms with Crippen LogP contribution in [0.1, 0.15) is 232 Å². The van der Waals surface area contributed by atoms with Crippen LogP contribution >= 0.6 is 0 Å². The van der Waals surface area contributed by atoms with Crippen LogP contribution in [0, 0.1) is 0 Å². The lowest BCUT2D eigenvalue weighted by Gasteiger charge is -2.40. The molecular weight excluding hydrogens is 743 g/mol. The number of carbonyl (C=O) groups excluding carboxylic acids is 1. The molecule has 0 spiro atoms. The molecule has 7 atom stereocenters. The van der Waals surface area contributed by atoms with Gasteiger partial charge in [0, 0.05) is 6.42 Å². The van der Waals surface area contributed by atoms with E-state index in [4.69, 9.17) is 9.47 Å². The summed E-state index contributed by atoms with van der Waals surface area (Å²) in [6, 6.07) is -0.817. The summed E-state index contributed by atoms with van der Waals surface area (Å²) >= 11 is 0. The summed E-state index contributed by atoms with van der Waals surface area (Å²) in [5.74, 6) is -0.183. The Bertz CT molecular complexity index is 977. The summed E-state index contributed by atoms with van der Waals surface area (Å²) in [6.45, 7) is 3.78. The maximum Gasteiger partial charge on any atom is 0.220 e. The summed E-state index contributed by atoms with van der Waals surface area (Å²) in [6.07, 6.45) is 42.2. The molecule has 0 bridgehead atoms. The lowest BCUT2D eigenvalue weighted by Crippen LogP contribution is -2.60. The van der Waals surface area contributed by atoms with Gasteiger partial charge in [0.1, 0.15) is 24.4 Å². The minimum atomic E-state index is -1.57. The van der Waals surface area contributed by atoms with E-state index in [0.29, 0.717) is 6.42 Å². The quantitative estimate of drug-likeness (QED) is 0.0263. The van der Waals surface area contributed by atoms with Gasteiger partial charge in [-0.1, -0.05) is 218 Å². The molecule has 59 heavy (non-hydrogen) atoms. The fourth-order valence-electron chi connectivity index (χ4n) is 8.00. The Hall–Kier alpha value is -1.33. The topological polar surface area (TPSA) is 149 Å². The average Bonchev–Trinajstić information content (AvgIpc) is 3.23. The third kappa shape index (κ3) is 31.2. The summed E-state index contributed by atoms with van der Waals surface area (Å²) in [5.41, 5.74) is 0. The minimum absolute atomic E-state index is 0.183. The standard InChI is InChI=1S/C50H95NO8/c1-3-5-7-9-11-13-15-17-19-21-22-24-26-28-30-32-34-36-38-40-46(54)51-43(42-58-50-49(57)48(56)47(55)45(41-52)59-50)44(53)39-37-35-33-31-29-27-25-23-20-18-16-14-12-10-8-6-4-2/h29,31,37,39,43-45,47-50,52-53,55-57H,3-28,30,32-36,38,40-42H2,1-2H3,(H,51,54)/b31-29+,39-37+/t43-,44+,45-,47-,48?,49?,50-/m0/s1. The van der Waals surface area contributed by atoms with Crippen molar-refractivity contribution in [3.05, 3.63) is 24.3 Å². The number of hydrogen-bond donors (Lipinski definition) is 6. The lowest BCUT2D eigenvalue weighted by atomic mass is 9.99. The number of allylic oxidation sites excluding steroid dienone is 3. The van der Waals surface area contributed by atoms with Gasteiger partial charge in [0.25, 0.3) is 0 Å². The van der Waals surface area contributed by atoms with E-state index in [1.165, 1.54) is 173 Å². The van der Waals surface area contributed by atoms with Gasteiger partial charge in [0.2, 0.25) is 5.91 Å². The zero-order valence-electron chi connectivity index (χ0n) is 38.3. The monoisotopic (exact) mass is 838 g/mol. The second-order valence-corrected chi connectivity index (χ2v) is 17.6. The molecule has 0 radical (unpaired) electrons. The number of unbranched alkanes of at least 4 members (excludes halogenated alkanes) is 30. The van der Waals surface area contributed by atoms with Crippen molar-refractivity contribution in [2.75, 3.05) is 13.2 Å². The van der Waals surface area contributed by atoms with Crippen LogP contribution in [0.4, 0.5) is 0 Å². The number of hydrogen-bond acceptors (Lipinski definition) is 8. The van der Waals surface area contributed by atoms with Crippen LogP contribution in [0.5, 0.6) is 0 Å². The number of aliphatic hydroxyl groups is 5. The number of carbonyl (C=O) groups is 1. The highest BCUT2D eigenvalue weighted by atomic mass is 16.7. The highest BCUT2D eigenvalue weighted by Crippen LogP contribution is 2.23.